The molecule has 2 aromatic heterocycles. The summed E-state index contributed by atoms with van der Waals surface area (Å²) >= 11 is 0. The van der Waals surface area contributed by atoms with Gasteiger partial charge in [-0.3, -0.25) is 14.3 Å². The highest BCUT2D eigenvalue weighted by Crippen LogP contribution is 2.30. The lowest BCUT2D eigenvalue weighted by Gasteiger charge is -2.38. The fraction of sp³-hybridized carbons (Fsp3) is 0.292. The number of piperazine rings is 1. The van der Waals surface area contributed by atoms with E-state index in [0.29, 0.717) is 16.3 Å². The van der Waals surface area contributed by atoms with Gasteiger partial charge in [0.1, 0.15) is 5.52 Å². The molecule has 10 nitrogen and oxygen atoms in total. The summed E-state index contributed by atoms with van der Waals surface area (Å²) in [6.45, 7) is 5.72. The maximum atomic E-state index is 14.5. The normalized spacial score (nSPS) is 18.2. The summed E-state index contributed by atoms with van der Waals surface area (Å²) in [6.07, 6.45) is 3.19. The van der Waals surface area contributed by atoms with Crippen molar-refractivity contribution in [3.05, 3.63) is 53.9 Å². The van der Waals surface area contributed by atoms with Gasteiger partial charge in [0.15, 0.2) is 5.82 Å². The Bertz CT molecular complexity index is 1470. The van der Waals surface area contributed by atoms with Gasteiger partial charge in [-0.05, 0) is 38.1 Å². The number of aromatic nitrogens is 4. The Morgan fingerprint density at radius 1 is 1.17 bits per heavy atom. The van der Waals surface area contributed by atoms with Gasteiger partial charge in [0.2, 0.25) is 5.82 Å². The van der Waals surface area contributed by atoms with Gasteiger partial charge in [0.25, 0.3) is 11.8 Å². The molecule has 2 atom stereocenters. The van der Waals surface area contributed by atoms with Gasteiger partial charge >= 0.3 is 0 Å². The zero-order valence-corrected chi connectivity index (χ0v) is 19.5. The number of anilines is 2. The largest absolute Gasteiger partial charge is 0.368 e. The molecule has 0 spiro atoms. The number of hydrogen-bond acceptors (Lipinski definition) is 7. The first-order valence-electron chi connectivity index (χ1n) is 11.2. The first-order valence-corrected chi connectivity index (χ1v) is 11.2. The van der Waals surface area contributed by atoms with Gasteiger partial charge in [-0.25, -0.2) is 14.4 Å². The number of halogens is 1. The first kappa shape index (κ1) is 22.7. The van der Waals surface area contributed by atoms with E-state index in [0.717, 1.165) is 18.8 Å². The molecule has 11 heteroatoms. The molecule has 1 aliphatic rings. The number of fused-ring (bicyclic) bond motifs is 2. The molecule has 0 unspecified atom stereocenters. The number of nitrogens with zero attached hydrogens (tertiary/aromatic N) is 5. The SMILES string of the molecule is C[C@@H]1CN(c2ccc(C(=O)Nc3cc(F)c4nn(C)cc4c3)c3nc(C(N)=O)ncc23)C[C@@H](C)N1. The molecule has 2 amide bonds. The molecule has 180 valence electrons. The van der Waals surface area contributed by atoms with Gasteiger partial charge in [-0.2, -0.15) is 5.10 Å². The van der Waals surface area contributed by atoms with Crippen LogP contribution >= 0.6 is 0 Å². The number of carbonyl (C=O) groups is 2. The average molecular weight is 477 g/mol. The van der Waals surface area contributed by atoms with Gasteiger partial charge in [-0.1, -0.05) is 0 Å². The number of nitrogens with one attached hydrogen (secondary N) is 2. The Kier molecular flexibility index (Phi) is 5.56. The quantitative estimate of drug-likeness (QED) is 0.411. The third kappa shape index (κ3) is 4.26. The minimum absolute atomic E-state index is 0.187. The van der Waals surface area contributed by atoms with Gasteiger partial charge in [0.05, 0.1) is 11.1 Å². The molecule has 0 radical (unpaired) electrons. The van der Waals surface area contributed by atoms with Crippen LogP contribution in [0.2, 0.25) is 0 Å². The smallest absolute Gasteiger partial charge is 0.286 e. The van der Waals surface area contributed by atoms with Gasteiger partial charge < -0.3 is 21.3 Å². The Balaban J connectivity index is 1.57. The van der Waals surface area contributed by atoms with E-state index in [-0.39, 0.29) is 34.7 Å². The second-order valence-corrected chi connectivity index (χ2v) is 8.98. The lowest BCUT2D eigenvalue weighted by atomic mass is 10.0. The zero-order chi connectivity index (χ0) is 24.9. The van der Waals surface area contributed by atoms with Crippen molar-refractivity contribution in [1.29, 1.82) is 0 Å². The molecule has 1 fully saturated rings. The summed E-state index contributed by atoms with van der Waals surface area (Å²) in [4.78, 5) is 35.7. The van der Waals surface area contributed by atoms with Crippen molar-refractivity contribution in [1.82, 2.24) is 25.1 Å². The number of benzene rings is 2. The highest BCUT2D eigenvalue weighted by Gasteiger charge is 2.25. The van der Waals surface area contributed by atoms with Crippen LogP contribution in [0, 0.1) is 5.82 Å². The summed E-state index contributed by atoms with van der Waals surface area (Å²) in [7, 11) is 1.70. The van der Waals surface area contributed by atoms with E-state index in [9.17, 15) is 14.0 Å². The molecular weight excluding hydrogens is 451 g/mol. The molecular formula is C24H25FN8O2. The molecule has 0 saturated carbocycles. The Morgan fingerprint density at radius 2 is 1.91 bits per heavy atom. The Morgan fingerprint density at radius 3 is 2.63 bits per heavy atom. The third-order valence-electron chi connectivity index (χ3n) is 6.03. The monoisotopic (exact) mass is 476 g/mol. The van der Waals surface area contributed by atoms with Gasteiger partial charge in [-0.15, -0.1) is 0 Å². The van der Waals surface area contributed by atoms with E-state index in [1.54, 1.807) is 25.4 Å². The fourth-order valence-electron chi connectivity index (χ4n) is 4.69. The van der Waals surface area contributed by atoms with Crippen molar-refractivity contribution in [2.45, 2.75) is 25.9 Å². The van der Waals surface area contributed by atoms with Crippen LogP contribution in [0.5, 0.6) is 0 Å². The van der Waals surface area contributed by atoms with Crippen molar-refractivity contribution in [3.8, 4) is 0 Å². The number of carbonyl (C=O) groups excluding carboxylic acids is 2. The van der Waals surface area contributed by atoms with Crippen molar-refractivity contribution < 1.29 is 14.0 Å². The minimum atomic E-state index is -0.794. The molecule has 4 N–H and O–H groups in total. The summed E-state index contributed by atoms with van der Waals surface area (Å²) in [5, 5.41) is 11.5. The van der Waals surface area contributed by atoms with Crippen LogP contribution in [-0.4, -0.2) is 56.7 Å². The van der Waals surface area contributed by atoms with Crippen LogP contribution < -0.4 is 21.3 Å². The minimum Gasteiger partial charge on any atom is -0.368 e. The fourth-order valence-corrected chi connectivity index (χ4v) is 4.69. The topological polar surface area (TPSA) is 131 Å². The average Bonchev–Trinajstić information content (AvgIpc) is 3.18. The van der Waals surface area contributed by atoms with Gasteiger partial charge in [0, 0.05) is 66.8 Å². The summed E-state index contributed by atoms with van der Waals surface area (Å²) in [5.74, 6) is -2.02. The van der Waals surface area contributed by atoms with E-state index in [2.05, 4.69) is 44.4 Å². The molecule has 5 rings (SSSR count). The molecule has 0 aliphatic carbocycles. The maximum Gasteiger partial charge on any atom is 0.286 e. The number of primary amides is 1. The lowest BCUT2D eigenvalue weighted by molar-refractivity contribution is 0.0987. The van der Waals surface area contributed by atoms with E-state index in [1.807, 2.05) is 6.07 Å². The number of hydrogen-bond donors (Lipinski definition) is 3. The van der Waals surface area contributed by atoms with Crippen molar-refractivity contribution in [2.24, 2.45) is 12.8 Å². The first-order chi connectivity index (χ1) is 16.7. The maximum absolute atomic E-state index is 14.5. The summed E-state index contributed by atoms with van der Waals surface area (Å²) < 4.78 is 16.0. The van der Waals surface area contributed by atoms with E-state index >= 15 is 0 Å². The number of aryl methyl sites for hydroxylation is 1. The van der Waals surface area contributed by atoms with Crippen molar-refractivity contribution in [3.63, 3.8) is 0 Å². The molecule has 1 aliphatic heterocycles. The van der Waals surface area contributed by atoms with E-state index in [1.165, 1.54) is 16.9 Å². The second kappa shape index (κ2) is 8.58. The Hall–Kier alpha value is -4.12. The lowest BCUT2D eigenvalue weighted by Crippen LogP contribution is -2.54. The highest BCUT2D eigenvalue weighted by atomic mass is 19.1. The second-order valence-electron chi connectivity index (χ2n) is 8.98. The van der Waals surface area contributed by atoms with Crippen LogP contribution in [0.3, 0.4) is 0 Å². The third-order valence-corrected chi connectivity index (χ3v) is 6.03. The number of amides is 2. The molecule has 4 aromatic rings. The van der Waals surface area contributed by atoms with Crippen LogP contribution in [0.1, 0.15) is 34.8 Å². The number of rotatable bonds is 4. The standard InChI is InChI=1S/C24H25FN8O2/c1-12-9-33(10-13(2)28-12)19-5-4-16(21-17(19)8-27-23(30-21)22(26)34)24(35)29-15-6-14-11-32(3)31-20(14)18(25)7-15/h4-8,11-13,28H,9-10H2,1-3H3,(H2,26,34)(H,29,35)/t12-,13-/m1/s1. The summed E-state index contributed by atoms with van der Waals surface area (Å²) in [6, 6.07) is 6.89. The molecule has 1 saturated heterocycles. The van der Waals surface area contributed by atoms with E-state index < -0.39 is 17.6 Å². The van der Waals surface area contributed by atoms with Crippen molar-refractivity contribution >= 4 is 45.0 Å². The molecule has 35 heavy (non-hydrogen) atoms. The molecule has 2 aromatic carbocycles. The zero-order valence-electron chi connectivity index (χ0n) is 19.5. The van der Waals surface area contributed by atoms with Crippen molar-refractivity contribution in [2.75, 3.05) is 23.3 Å². The van der Waals surface area contributed by atoms with E-state index in [4.69, 9.17) is 5.73 Å². The highest BCUT2D eigenvalue weighted by molar-refractivity contribution is 6.14. The predicted molar refractivity (Wildman–Crippen MR) is 131 cm³/mol. The predicted octanol–water partition coefficient (Wildman–Crippen LogP) is 2.19. The molecule has 3 heterocycles. The molecule has 0 bridgehead atoms. The summed E-state index contributed by atoms with van der Waals surface area (Å²) in [5.41, 5.74) is 7.28. The van der Waals surface area contributed by atoms with Crippen LogP contribution in [0.15, 0.2) is 36.7 Å². The Labute approximate surface area is 200 Å². The van der Waals surface area contributed by atoms with Crippen LogP contribution in [0.25, 0.3) is 21.8 Å². The number of nitrogens with two attached hydrogens (primary N) is 1. The van der Waals surface area contributed by atoms with Crippen LogP contribution in [-0.2, 0) is 7.05 Å². The van der Waals surface area contributed by atoms with Crippen LogP contribution in [0.4, 0.5) is 15.8 Å².